The molecule has 0 fully saturated rings. The number of aliphatic hydroxyl groups excluding tert-OH is 1. The van der Waals surface area contributed by atoms with E-state index in [1.807, 2.05) is 0 Å². The number of carbonyl (C=O) groups excluding carboxylic acids is 1. The molecule has 152 valence electrons. The standard InChI is InChI=1S/C18H20F3N3O3S/c1-28(22,27)10-14-7-6-13(9-23-14)11-2-4-12(5-3-11)16(25)15(8-19)24-18(26)17(20)21/h2-7,9,15-17,22,25H,8,10H2,1H3,(H,24,26)/t15-,16-,28?/m1/s1. The van der Waals surface area contributed by atoms with Gasteiger partial charge in [-0.3, -0.25) is 14.6 Å². The van der Waals surface area contributed by atoms with Gasteiger partial charge in [0.15, 0.2) is 0 Å². The van der Waals surface area contributed by atoms with Crippen LogP contribution in [0.15, 0.2) is 42.6 Å². The minimum Gasteiger partial charge on any atom is -0.386 e. The first-order chi connectivity index (χ1) is 13.1. The summed E-state index contributed by atoms with van der Waals surface area (Å²) in [6.45, 7) is -1.20. The fraction of sp³-hybridized carbons (Fsp3) is 0.333. The number of carbonyl (C=O) groups is 1. The third-order valence-electron chi connectivity index (χ3n) is 3.91. The van der Waals surface area contributed by atoms with E-state index in [9.17, 15) is 27.3 Å². The third-order valence-corrected chi connectivity index (χ3v) is 4.75. The monoisotopic (exact) mass is 415 g/mol. The average Bonchev–Trinajstić information content (AvgIpc) is 2.64. The summed E-state index contributed by atoms with van der Waals surface area (Å²) in [6, 6.07) is 8.17. The van der Waals surface area contributed by atoms with Gasteiger partial charge >= 0.3 is 6.43 Å². The summed E-state index contributed by atoms with van der Waals surface area (Å²) in [4.78, 5) is 15.2. The van der Waals surface area contributed by atoms with E-state index >= 15 is 0 Å². The van der Waals surface area contributed by atoms with Gasteiger partial charge in [0, 0.05) is 27.7 Å². The molecule has 0 bridgehead atoms. The van der Waals surface area contributed by atoms with Crippen molar-refractivity contribution in [3.8, 4) is 11.1 Å². The van der Waals surface area contributed by atoms with E-state index in [2.05, 4.69) is 4.98 Å². The molecule has 1 heterocycles. The van der Waals surface area contributed by atoms with Gasteiger partial charge in [0.25, 0.3) is 5.91 Å². The SMILES string of the molecule is CS(=N)(=O)Cc1ccc(-c2ccc([C@@H](O)[C@@H](CF)NC(=O)C(F)F)cc2)cn1. The minimum atomic E-state index is -3.30. The van der Waals surface area contributed by atoms with Crippen LogP contribution < -0.4 is 5.32 Å². The van der Waals surface area contributed by atoms with Crippen LogP contribution in [0.3, 0.4) is 0 Å². The molecule has 2 aromatic rings. The molecule has 0 spiro atoms. The van der Waals surface area contributed by atoms with Gasteiger partial charge in [-0.05, 0) is 17.2 Å². The Morgan fingerprint density at radius 1 is 1.21 bits per heavy atom. The van der Waals surface area contributed by atoms with Crippen LogP contribution in [0, 0.1) is 4.78 Å². The summed E-state index contributed by atoms with van der Waals surface area (Å²) in [6.07, 6.45) is -1.90. The van der Waals surface area contributed by atoms with Gasteiger partial charge in [-0.1, -0.05) is 30.3 Å². The van der Waals surface area contributed by atoms with Crippen molar-refractivity contribution in [3.05, 3.63) is 53.9 Å². The van der Waals surface area contributed by atoms with Crippen molar-refractivity contribution in [3.63, 3.8) is 0 Å². The molecule has 1 amide bonds. The van der Waals surface area contributed by atoms with Crippen molar-refractivity contribution in [1.29, 1.82) is 4.78 Å². The fourth-order valence-electron chi connectivity index (χ4n) is 2.52. The molecule has 1 unspecified atom stereocenters. The van der Waals surface area contributed by atoms with Gasteiger partial charge in [-0.15, -0.1) is 0 Å². The number of benzene rings is 1. The Labute approximate surface area is 160 Å². The van der Waals surface area contributed by atoms with Gasteiger partial charge < -0.3 is 10.4 Å². The van der Waals surface area contributed by atoms with E-state index in [1.165, 1.54) is 18.4 Å². The van der Waals surface area contributed by atoms with Gasteiger partial charge in [-0.2, -0.15) is 8.78 Å². The van der Waals surface area contributed by atoms with E-state index in [4.69, 9.17) is 4.78 Å². The number of hydrogen-bond donors (Lipinski definition) is 3. The summed E-state index contributed by atoms with van der Waals surface area (Å²) in [5.41, 5.74) is 2.24. The molecule has 10 heteroatoms. The van der Waals surface area contributed by atoms with Gasteiger partial charge in [0.05, 0.1) is 17.5 Å². The minimum absolute atomic E-state index is 0.0490. The Bertz CT molecular complexity index is 904. The lowest BCUT2D eigenvalue weighted by Crippen LogP contribution is -2.43. The lowest BCUT2D eigenvalue weighted by atomic mass is 9.99. The zero-order valence-corrected chi connectivity index (χ0v) is 15.8. The Morgan fingerprint density at radius 3 is 2.29 bits per heavy atom. The molecule has 1 aromatic heterocycles. The van der Waals surface area contributed by atoms with E-state index in [0.717, 1.165) is 11.1 Å². The van der Waals surface area contributed by atoms with Crippen molar-refractivity contribution in [2.45, 2.75) is 24.3 Å². The second-order valence-electron chi connectivity index (χ2n) is 6.32. The Kier molecular flexibility index (Phi) is 7.14. The number of hydrogen-bond acceptors (Lipinski definition) is 5. The average molecular weight is 415 g/mol. The van der Waals surface area contributed by atoms with Crippen molar-refractivity contribution >= 4 is 15.6 Å². The molecule has 0 saturated carbocycles. The van der Waals surface area contributed by atoms with E-state index in [-0.39, 0.29) is 11.3 Å². The number of halogens is 3. The summed E-state index contributed by atoms with van der Waals surface area (Å²) in [5.74, 6) is -1.60. The highest BCUT2D eigenvalue weighted by Crippen LogP contribution is 2.24. The molecule has 0 aliphatic rings. The van der Waals surface area contributed by atoms with Crippen LogP contribution in [-0.2, 0) is 20.3 Å². The largest absolute Gasteiger partial charge is 0.386 e. The molecule has 28 heavy (non-hydrogen) atoms. The van der Waals surface area contributed by atoms with Crippen molar-refractivity contribution in [2.24, 2.45) is 0 Å². The summed E-state index contributed by atoms with van der Waals surface area (Å²) < 4.78 is 56.6. The first kappa shape index (κ1) is 21.8. The second kappa shape index (κ2) is 9.16. The molecule has 0 radical (unpaired) electrons. The van der Waals surface area contributed by atoms with Crippen molar-refractivity contribution in [1.82, 2.24) is 10.3 Å². The number of nitrogens with one attached hydrogen (secondary N) is 2. The van der Waals surface area contributed by atoms with E-state index < -0.39 is 40.9 Å². The first-order valence-corrected chi connectivity index (χ1v) is 10.3. The van der Waals surface area contributed by atoms with Crippen LogP contribution in [0.2, 0.25) is 0 Å². The lowest BCUT2D eigenvalue weighted by molar-refractivity contribution is -0.133. The predicted molar refractivity (Wildman–Crippen MR) is 99.0 cm³/mol. The maximum atomic E-state index is 13.1. The van der Waals surface area contributed by atoms with E-state index in [1.54, 1.807) is 35.8 Å². The van der Waals surface area contributed by atoms with Crippen LogP contribution in [0.1, 0.15) is 17.4 Å². The molecule has 3 N–H and O–H groups in total. The Hall–Kier alpha value is -2.46. The molecule has 0 saturated heterocycles. The summed E-state index contributed by atoms with van der Waals surface area (Å²) in [7, 11) is -2.69. The Morgan fingerprint density at radius 2 is 1.82 bits per heavy atom. The van der Waals surface area contributed by atoms with Crippen LogP contribution in [0.5, 0.6) is 0 Å². The smallest absolute Gasteiger partial charge is 0.315 e. The highest BCUT2D eigenvalue weighted by Gasteiger charge is 2.26. The maximum absolute atomic E-state index is 13.1. The lowest BCUT2D eigenvalue weighted by Gasteiger charge is -2.22. The zero-order chi connectivity index (χ0) is 20.9. The zero-order valence-electron chi connectivity index (χ0n) is 14.9. The van der Waals surface area contributed by atoms with Crippen LogP contribution in [-0.4, -0.2) is 45.6 Å². The van der Waals surface area contributed by atoms with E-state index in [0.29, 0.717) is 5.69 Å². The van der Waals surface area contributed by atoms with Gasteiger partial charge in [-0.25, -0.2) is 8.60 Å². The topological polar surface area (TPSA) is 103 Å². The van der Waals surface area contributed by atoms with Crippen molar-refractivity contribution in [2.75, 3.05) is 12.9 Å². The number of aromatic nitrogens is 1. The Balaban J connectivity index is 2.12. The normalized spacial score (nSPS) is 15.6. The maximum Gasteiger partial charge on any atom is 0.315 e. The summed E-state index contributed by atoms with van der Waals surface area (Å²) >= 11 is 0. The number of amides is 1. The second-order valence-corrected chi connectivity index (χ2v) is 8.62. The van der Waals surface area contributed by atoms with Crippen LogP contribution >= 0.6 is 0 Å². The molecule has 1 aromatic carbocycles. The summed E-state index contributed by atoms with van der Waals surface area (Å²) in [5, 5.41) is 11.9. The fourth-order valence-corrected chi connectivity index (χ4v) is 3.25. The molecule has 0 aliphatic heterocycles. The third kappa shape index (κ3) is 6.03. The highest BCUT2D eigenvalue weighted by atomic mass is 32.2. The molecular weight excluding hydrogens is 395 g/mol. The molecule has 2 rings (SSSR count). The molecule has 6 nitrogen and oxygen atoms in total. The molecule has 0 aliphatic carbocycles. The molecule has 3 atom stereocenters. The quantitative estimate of drug-likeness (QED) is 0.617. The van der Waals surface area contributed by atoms with Gasteiger partial charge in [0.1, 0.15) is 12.8 Å². The van der Waals surface area contributed by atoms with Crippen LogP contribution in [0.25, 0.3) is 11.1 Å². The van der Waals surface area contributed by atoms with Gasteiger partial charge in [0.2, 0.25) is 0 Å². The number of aliphatic hydroxyl groups is 1. The molecular formula is C18H20F3N3O3S. The van der Waals surface area contributed by atoms with Crippen molar-refractivity contribution < 1.29 is 27.3 Å². The predicted octanol–water partition coefficient (Wildman–Crippen LogP) is 2.68. The first-order valence-electron chi connectivity index (χ1n) is 8.20. The number of rotatable bonds is 8. The number of alkyl halides is 3. The number of pyridine rings is 1. The van der Waals surface area contributed by atoms with Crippen LogP contribution in [0.4, 0.5) is 13.2 Å². The number of nitrogens with zero attached hydrogens (tertiary/aromatic N) is 1. The highest BCUT2D eigenvalue weighted by molar-refractivity contribution is 7.90.